The molecule has 0 saturated carbocycles. The molecule has 0 atom stereocenters. The number of hydrogen-bond donors (Lipinski definition) is 0. The molecule has 0 saturated heterocycles. The molecule has 3 heteroatoms. The summed E-state index contributed by atoms with van der Waals surface area (Å²) in [6, 6.07) is 3.35. The average Bonchev–Trinajstić information content (AvgIpc) is 1.88. The van der Waals surface area contributed by atoms with E-state index in [2.05, 4.69) is 9.91 Å². The van der Waals surface area contributed by atoms with Crippen molar-refractivity contribution in [3.63, 3.8) is 0 Å². The minimum absolute atomic E-state index is 0.0126. The summed E-state index contributed by atoms with van der Waals surface area (Å²) in [7, 11) is 0. The number of nitrogens with zero attached hydrogens (tertiary/aromatic N) is 1. The molecule has 0 spiro atoms. The minimum atomic E-state index is -0.367. The second kappa shape index (κ2) is 3.10. The summed E-state index contributed by atoms with van der Waals surface area (Å²) < 4.78 is 13.4. The quantitative estimate of drug-likeness (QED) is 0.316. The normalized spacial score (nSPS) is 10.0. The van der Waals surface area contributed by atoms with Gasteiger partial charge in [-0.05, 0) is 0 Å². The van der Waals surface area contributed by atoms with Crippen molar-refractivity contribution in [1.29, 1.82) is 0 Å². The monoisotopic (exact) mass is 238 g/mol. The van der Waals surface area contributed by atoms with Crippen LogP contribution in [0.5, 0.6) is 0 Å². The molecule has 1 heterocycles. The number of hydrogen-bond acceptors (Lipinski definition) is 1. The first kappa shape index (κ1) is 6.92. The number of pyridine rings is 1. The van der Waals surface area contributed by atoms with E-state index in [1.807, 2.05) is 6.07 Å². The molecule has 0 unspecified atom stereocenters. The summed E-state index contributed by atoms with van der Waals surface area (Å²) >= 11 is 0.0126. The molecule has 0 amide bonds. The van der Waals surface area contributed by atoms with Crippen molar-refractivity contribution in [1.82, 2.24) is 4.98 Å². The van der Waals surface area contributed by atoms with Crippen molar-refractivity contribution in [3.8, 4) is 0 Å². The maximum atomic E-state index is 12.3. The summed E-state index contributed by atoms with van der Waals surface area (Å²) in [6.45, 7) is 0. The summed E-state index contributed by atoms with van der Waals surface area (Å²) in [4.78, 5) is 5.53. The zero-order valence-corrected chi connectivity index (χ0v) is 7.09. The van der Waals surface area contributed by atoms with Crippen LogP contribution >= 0.6 is 0 Å². The molecule has 9 heavy (non-hydrogen) atoms. The molecule has 0 radical (unpaired) electrons. The molecule has 1 aromatic heterocycles. The van der Waals surface area contributed by atoms with Crippen molar-refractivity contribution >= 4 is 0 Å². The van der Waals surface area contributed by atoms with Gasteiger partial charge in [-0.1, -0.05) is 0 Å². The first-order valence-corrected chi connectivity index (χ1v) is 5.67. The van der Waals surface area contributed by atoms with Gasteiger partial charge in [-0.3, -0.25) is 0 Å². The van der Waals surface area contributed by atoms with Gasteiger partial charge >= 0.3 is 63.4 Å². The third kappa shape index (κ3) is 1.89. The number of aromatic nitrogens is 1. The van der Waals surface area contributed by atoms with Crippen LogP contribution in [0.2, 0.25) is 0 Å². The summed E-state index contributed by atoms with van der Waals surface area (Å²) in [6.07, 6.45) is 1.51. The number of rotatable bonds is 1. The van der Waals surface area contributed by atoms with Gasteiger partial charge in [0.05, 0.1) is 0 Å². The van der Waals surface area contributed by atoms with Crippen LogP contribution in [0.3, 0.4) is 0 Å². The van der Waals surface area contributed by atoms with Crippen LogP contribution < -0.4 is 21.2 Å². The van der Waals surface area contributed by atoms with E-state index in [0.29, 0.717) is 0 Å². The van der Waals surface area contributed by atoms with Gasteiger partial charge in [-0.25, -0.2) is 0 Å². The standard InChI is InChI=1S/C6H6FIN/c1-8-5-2-3-9-6(7)4-5/h2-4H,1H3/q-1. The fourth-order valence-electron chi connectivity index (χ4n) is 0.496. The van der Waals surface area contributed by atoms with Gasteiger partial charge in [0, 0.05) is 0 Å². The fraction of sp³-hybridized carbons (Fsp3) is 0.167. The van der Waals surface area contributed by atoms with E-state index < -0.39 is 0 Å². The van der Waals surface area contributed by atoms with Gasteiger partial charge < -0.3 is 0 Å². The molecule has 0 aromatic carbocycles. The second-order valence-corrected chi connectivity index (χ2v) is 3.81. The molecule has 1 nitrogen and oxygen atoms in total. The van der Waals surface area contributed by atoms with E-state index >= 15 is 0 Å². The molecule has 0 fully saturated rings. The van der Waals surface area contributed by atoms with Crippen molar-refractivity contribution in [2.24, 2.45) is 0 Å². The van der Waals surface area contributed by atoms with Gasteiger partial charge in [0.2, 0.25) is 0 Å². The van der Waals surface area contributed by atoms with Gasteiger partial charge in [0.1, 0.15) is 0 Å². The maximum absolute atomic E-state index is 12.3. The summed E-state index contributed by atoms with van der Waals surface area (Å²) in [5.74, 6) is -0.367. The fourth-order valence-corrected chi connectivity index (χ4v) is 1.59. The van der Waals surface area contributed by atoms with Crippen LogP contribution in [-0.2, 0) is 0 Å². The zero-order valence-electron chi connectivity index (χ0n) is 4.94. The topological polar surface area (TPSA) is 12.9 Å². The molecular weight excluding hydrogens is 232 g/mol. The average molecular weight is 238 g/mol. The number of halogens is 2. The van der Waals surface area contributed by atoms with Crippen LogP contribution in [-0.4, -0.2) is 9.91 Å². The SMILES string of the molecule is C[I-]c1ccnc(F)c1. The predicted molar refractivity (Wildman–Crippen MR) is 28.8 cm³/mol. The Bertz CT molecular complexity index is 202. The molecular formula is C6H6FIN-. The molecule has 0 bridgehead atoms. The molecule has 0 aliphatic rings. The van der Waals surface area contributed by atoms with Crippen molar-refractivity contribution in [2.75, 3.05) is 4.93 Å². The van der Waals surface area contributed by atoms with E-state index in [1.54, 1.807) is 0 Å². The zero-order chi connectivity index (χ0) is 6.69. The van der Waals surface area contributed by atoms with Gasteiger partial charge in [-0.2, -0.15) is 0 Å². The van der Waals surface area contributed by atoms with Crippen molar-refractivity contribution in [2.45, 2.75) is 0 Å². The third-order valence-electron chi connectivity index (χ3n) is 0.907. The molecule has 1 aromatic rings. The molecule has 0 N–H and O–H groups in total. The first-order valence-electron chi connectivity index (χ1n) is 2.44. The third-order valence-corrected chi connectivity index (χ3v) is 2.82. The van der Waals surface area contributed by atoms with Gasteiger partial charge in [-0.15, -0.1) is 0 Å². The van der Waals surface area contributed by atoms with Crippen LogP contribution in [0.1, 0.15) is 0 Å². The van der Waals surface area contributed by atoms with E-state index in [0.717, 1.165) is 3.57 Å². The Labute approximate surface area is 63.6 Å². The predicted octanol–water partition coefficient (Wildman–Crippen LogP) is -1.89. The van der Waals surface area contributed by atoms with E-state index in [4.69, 9.17) is 0 Å². The van der Waals surface area contributed by atoms with E-state index in [-0.39, 0.29) is 27.2 Å². The van der Waals surface area contributed by atoms with Crippen LogP contribution in [0, 0.1) is 9.52 Å². The summed E-state index contributed by atoms with van der Waals surface area (Å²) in [5.41, 5.74) is 0. The Morgan fingerprint density at radius 2 is 2.44 bits per heavy atom. The number of alkyl halides is 1. The first-order chi connectivity index (χ1) is 4.33. The van der Waals surface area contributed by atoms with Crippen LogP contribution in [0.15, 0.2) is 18.3 Å². The van der Waals surface area contributed by atoms with Gasteiger partial charge in [0.25, 0.3) is 0 Å². The Balaban J connectivity index is 2.94. The van der Waals surface area contributed by atoms with Crippen LogP contribution in [0.25, 0.3) is 0 Å². The Hall–Kier alpha value is -0.190. The second-order valence-electron chi connectivity index (χ2n) is 1.49. The van der Waals surface area contributed by atoms with Gasteiger partial charge in [0.15, 0.2) is 0 Å². The van der Waals surface area contributed by atoms with E-state index in [9.17, 15) is 4.39 Å². The molecule has 1 rings (SSSR count). The van der Waals surface area contributed by atoms with Crippen molar-refractivity contribution < 1.29 is 25.6 Å². The molecule has 50 valence electrons. The molecule has 0 aliphatic heterocycles. The molecule has 0 aliphatic carbocycles. The van der Waals surface area contributed by atoms with E-state index in [1.165, 1.54) is 12.3 Å². The van der Waals surface area contributed by atoms with Crippen LogP contribution in [0.4, 0.5) is 4.39 Å². The van der Waals surface area contributed by atoms with Crippen molar-refractivity contribution in [3.05, 3.63) is 27.8 Å². The summed E-state index contributed by atoms with van der Waals surface area (Å²) in [5, 5.41) is 0. The Kier molecular flexibility index (Phi) is 2.38. The Morgan fingerprint density at radius 3 is 2.89 bits per heavy atom. The Morgan fingerprint density at radius 1 is 1.67 bits per heavy atom.